The summed E-state index contributed by atoms with van der Waals surface area (Å²) in [6, 6.07) is 10.1. The molecule has 2 fully saturated rings. The van der Waals surface area contributed by atoms with Gasteiger partial charge in [0.25, 0.3) is 0 Å². The Balaban J connectivity index is 1.31. The summed E-state index contributed by atoms with van der Waals surface area (Å²) in [4.78, 5) is 12.6. The number of hydrogen-bond donors (Lipinski definition) is 1. The third-order valence-corrected chi connectivity index (χ3v) is 8.93. The molecule has 0 amide bonds. The van der Waals surface area contributed by atoms with E-state index in [1.54, 1.807) is 0 Å². The Labute approximate surface area is 227 Å². The molecule has 4 heterocycles. The Morgan fingerprint density at radius 3 is 2.45 bits per heavy atom. The van der Waals surface area contributed by atoms with Gasteiger partial charge < -0.3 is 20.0 Å². The highest BCUT2D eigenvalue weighted by Crippen LogP contribution is 2.47. The monoisotopic (exact) mass is 514 g/mol. The Hall–Kier alpha value is -3.13. The lowest BCUT2D eigenvalue weighted by Gasteiger charge is -2.43. The number of anilines is 3. The second-order valence-electron chi connectivity index (χ2n) is 11.2. The minimum absolute atomic E-state index is 0.156. The maximum atomic E-state index is 4.99. The molecular formula is C30H42N8. The molecule has 38 heavy (non-hydrogen) atoms. The van der Waals surface area contributed by atoms with Gasteiger partial charge in [-0.05, 0) is 57.4 Å². The number of pyridine rings is 1. The number of nitrogens with one attached hydrogen (secondary N) is 1. The third-order valence-electron chi connectivity index (χ3n) is 8.93. The van der Waals surface area contributed by atoms with Gasteiger partial charge in [-0.25, -0.2) is 4.98 Å². The molecule has 1 aliphatic carbocycles. The smallest absolute Gasteiger partial charge is 0.160 e. The van der Waals surface area contributed by atoms with Crippen molar-refractivity contribution in [2.45, 2.75) is 77.4 Å². The average molecular weight is 515 g/mol. The largest absolute Gasteiger partial charge is 0.369 e. The summed E-state index contributed by atoms with van der Waals surface area (Å²) in [7, 11) is 2.20. The molecule has 2 unspecified atom stereocenters. The first-order chi connectivity index (χ1) is 18.6. The fourth-order valence-electron chi connectivity index (χ4n) is 6.72. The van der Waals surface area contributed by atoms with Gasteiger partial charge in [0, 0.05) is 49.5 Å². The molecule has 2 aromatic heterocycles. The van der Waals surface area contributed by atoms with Crippen LogP contribution in [0.25, 0.3) is 5.69 Å². The van der Waals surface area contributed by atoms with E-state index < -0.39 is 0 Å². The lowest BCUT2D eigenvalue weighted by molar-refractivity contribution is 0.313. The second-order valence-corrected chi connectivity index (χ2v) is 11.2. The molecule has 3 aliphatic rings. The molecule has 0 bridgehead atoms. The second kappa shape index (κ2) is 10.6. The molecule has 1 saturated heterocycles. The standard InChI is InChI=1S/C30H42N8/c1-5-25-28-27(37-20-32-34-30(37)26(6-2)38(28)24-9-7-8-10-24)19-31-29(25)33-21(3)22-11-13-23(14-12-22)36-17-15-35(4)16-18-36/h11-14,19-21,24,26H,5-10,15-18H2,1-4H3,(H,31,33). The normalized spacial score (nSPS) is 20.9. The van der Waals surface area contributed by atoms with Gasteiger partial charge in [0.05, 0.1) is 23.6 Å². The van der Waals surface area contributed by atoms with Gasteiger partial charge in [-0.15, -0.1) is 10.2 Å². The predicted octanol–water partition coefficient (Wildman–Crippen LogP) is 5.36. The Bertz CT molecular complexity index is 1240. The van der Waals surface area contributed by atoms with Gasteiger partial charge >= 0.3 is 0 Å². The van der Waals surface area contributed by atoms with Gasteiger partial charge in [0.2, 0.25) is 0 Å². The first kappa shape index (κ1) is 25.2. The van der Waals surface area contributed by atoms with Crippen molar-refractivity contribution in [1.82, 2.24) is 24.6 Å². The van der Waals surface area contributed by atoms with E-state index in [0.717, 1.165) is 56.4 Å². The summed E-state index contributed by atoms with van der Waals surface area (Å²) in [6.07, 6.45) is 10.9. The number of aromatic nitrogens is 4. The van der Waals surface area contributed by atoms with Crippen molar-refractivity contribution < 1.29 is 0 Å². The molecule has 1 saturated carbocycles. The molecule has 2 aliphatic heterocycles. The van der Waals surface area contributed by atoms with E-state index in [0.29, 0.717) is 6.04 Å². The minimum Gasteiger partial charge on any atom is -0.369 e. The number of nitrogens with zero attached hydrogens (tertiary/aromatic N) is 7. The highest BCUT2D eigenvalue weighted by molar-refractivity contribution is 5.76. The molecule has 2 atom stereocenters. The molecule has 3 aromatic rings. The summed E-state index contributed by atoms with van der Waals surface area (Å²) < 4.78 is 2.17. The van der Waals surface area contributed by atoms with Crippen LogP contribution in [0.3, 0.4) is 0 Å². The molecule has 0 spiro atoms. The zero-order chi connectivity index (χ0) is 26.2. The number of fused-ring (bicyclic) bond motifs is 3. The summed E-state index contributed by atoms with van der Waals surface area (Å²) in [5, 5.41) is 12.7. The summed E-state index contributed by atoms with van der Waals surface area (Å²) >= 11 is 0. The zero-order valence-electron chi connectivity index (χ0n) is 23.4. The van der Waals surface area contributed by atoms with Gasteiger partial charge in [-0.2, -0.15) is 0 Å². The van der Waals surface area contributed by atoms with Crippen molar-refractivity contribution in [1.29, 1.82) is 0 Å². The van der Waals surface area contributed by atoms with Gasteiger partial charge in [0.15, 0.2) is 5.82 Å². The lowest BCUT2D eigenvalue weighted by atomic mass is 9.98. The minimum atomic E-state index is 0.156. The quantitative estimate of drug-likeness (QED) is 0.455. The molecule has 6 rings (SSSR count). The molecule has 1 aromatic carbocycles. The van der Waals surface area contributed by atoms with Crippen LogP contribution in [0, 0.1) is 0 Å². The fraction of sp³-hybridized carbons (Fsp3) is 0.567. The van der Waals surface area contributed by atoms with E-state index in [1.165, 1.54) is 48.2 Å². The molecule has 202 valence electrons. The van der Waals surface area contributed by atoms with E-state index in [-0.39, 0.29) is 12.1 Å². The van der Waals surface area contributed by atoms with Crippen LogP contribution in [0.15, 0.2) is 36.8 Å². The van der Waals surface area contributed by atoms with Crippen molar-refractivity contribution in [3.8, 4) is 5.69 Å². The number of benzene rings is 1. The maximum Gasteiger partial charge on any atom is 0.160 e. The van der Waals surface area contributed by atoms with Crippen LogP contribution in [0.2, 0.25) is 0 Å². The first-order valence-corrected chi connectivity index (χ1v) is 14.6. The molecule has 8 heteroatoms. The Kier molecular flexibility index (Phi) is 6.99. The highest BCUT2D eigenvalue weighted by Gasteiger charge is 2.39. The van der Waals surface area contributed by atoms with Gasteiger partial charge in [0.1, 0.15) is 12.1 Å². The number of likely N-dealkylation sites (N-methyl/N-ethyl adjacent to an activating group) is 1. The maximum absolute atomic E-state index is 4.99. The SMILES string of the molecule is CCc1c(NC(C)c2ccc(N3CCN(C)CC3)cc2)ncc2c1N(C1CCCC1)C(CC)c1nncn1-2. The number of rotatable bonds is 7. The van der Waals surface area contributed by atoms with Crippen molar-refractivity contribution in [3.63, 3.8) is 0 Å². The molecule has 1 N–H and O–H groups in total. The van der Waals surface area contributed by atoms with Gasteiger partial charge in [-0.1, -0.05) is 38.8 Å². The fourth-order valence-corrected chi connectivity index (χ4v) is 6.72. The lowest BCUT2D eigenvalue weighted by Crippen LogP contribution is -2.44. The van der Waals surface area contributed by atoms with E-state index in [9.17, 15) is 0 Å². The Morgan fingerprint density at radius 2 is 1.76 bits per heavy atom. The van der Waals surface area contributed by atoms with Gasteiger partial charge in [-0.3, -0.25) is 4.57 Å². The molecular weight excluding hydrogens is 472 g/mol. The van der Waals surface area contributed by atoms with E-state index in [4.69, 9.17) is 4.98 Å². The van der Waals surface area contributed by atoms with Crippen molar-refractivity contribution in [2.75, 3.05) is 48.3 Å². The van der Waals surface area contributed by atoms with Crippen molar-refractivity contribution >= 4 is 17.2 Å². The predicted molar refractivity (Wildman–Crippen MR) is 154 cm³/mol. The first-order valence-electron chi connectivity index (χ1n) is 14.6. The van der Waals surface area contributed by atoms with Crippen molar-refractivity contribution in [2.24, 2.45) is 0 Å². The zero-order valence-corrected chi connectivity index (χ0v) is 23.4. The van der Waals surface area contributed by atoms with Crippen LogP contribution in [-0.2, 0) is 6.42 Å². The molecule has 0 radical (unpaired) electrons. The van der Waals surface area contributed by atoms with Crippen LogP contribution >= 0.6 is 0 Å². The third kappa shape index (κ3) is 4.42. The van der Waals surface area contributed by atoms with Crippen molar-refractivity contribution in [3.05, 3.63) is 53.7 Å². The van der Waals surface area contributed by atoms with Crippen LogP contribution < -0.4 is 15.1 Å². The summed E-state index contributed by atoms with van der Waals surface area (Å²) in [5.41, 5.74) is 6.34. The van der Waals surface area contributed by atoms with Crippen LogP contribution in [-0.4, -0.2) is 63.9 Å². The average Bonchev–Trinajstić information content (AvgIpc) is 3.65. The summed E-state index contributed by atoms with van der Waals surface area (Å²) in [5.74, 6) is 2.04. The number of piperazine rings is 1. The van der Waals surface area contributed by atoms with Crippen LogP contribution in [0.1, 0.15) is 81.9 Å². The van der Waals surface area contributed by atoms with E-state index in [2.05, 4.69) is 86.9 Å². The molecule has 8 nitrogen and oxygen atoms in total. The highest BCUT2D eigenvalue weighted by atomic mass is 15.4. The summed E-state index contributed by atoms with van der Waals surface area (Å²) in [6.45, 7) is 11.2. The Morgan fingerprint density at radius 1 is 1.03 bits per heavy atom. The van der Waals surface area contributed by atoms with Crippen LogP contribution in [0.4, 0.5) is 17.2 Å². The van der Waals surface area contributed by atoms with Crippen LogP contribution in [0.5, 0.6) is 0 Å². The van der Waals surface area contributed by atoms with E-state index in [1.807, 2.05) is 12.5 Å². The van der Waals surface area contributed by atoms with E-state index >= 15 is 0 Å². The number of hydrogen-bond acceptors (Lipinski definition) is 7. The topological polar surface area (TPSA) is 65.3 Å².